The number of aromatic nitrogens is 2. The monoisotopic (exact) mass is 223 g/mol. The maximum absolute atomic E-state index is 5.13. The van der Waals surface area contributed by atoms with E-state index >= 15 is 0 Å². The van der Waals surface area contributed by atoms with Gasteiger partial charge in [0.2, 0.25) is 0 Å². The third-order valence-corrected chi connectivity index (χ3v) is 2.45. The third kappa shape index (κ3) is 3.45. The van der Waals surface area contributed by atoms with Crippen molar-refractivity contribution in [3.05, 3.63) is 17.6 Å². The van der Waals surface area contributed by atoms with Crippen molar-refractivity contribution in [1.29, 1.82) is 0 Å². The van der Waals surface area contributed by atoms with Crippen LogP contribution in [0.4, 0.5) is 5.82 Å². The second-order valence-corrected chi connectivity index (χ2v) is 4.36. The molecule has 16 heavy (non-hydrogen) atoms. The minimum atomic E-state index is 0.483. The summed E-state index contributed by atoms with van der Waals surface area (Å²) in [6.07, 6.45) is 1.80. The summed E-state index contributed by atoms with van der Waals surface area (Å²) in [6, 6.07) is 0. The highest BCUT2D eigenvalue weighted by Gasteiger charge is 2.11. The lowest BCUT2D eigenvalue weighted by Gasteiger charge is -2.23. The molecule has 0 amide bonds. The molecule has 0 N–H and O–H groups in total. The average molecular weight is 223 g/mol. The Labute approximate surface area is 97.7 Å². The van der Waals surface area contributed by atoms with Crippen molar-refractivity contribution >= 4 is 5.82 Å². The summed E-state index contributed by atoms with van der Waals surface area (Å²) in [5, 5.41) is 0. The Morgan fingerprint density at radius 2 is 2.12 bits per heavy atom. The second-order valence-electron chi connectivity index (χ2n) is 4.36. The van der Waals surface area contributed by atoms with Gasteiger partial charge in [-0.05, 0) is 19.8 Å². The molecule has 0 aliphatic carbocycles. The number of hydrogen-bond acceptors (Lipinski definition) is 4. The van der Waals surface area contributed by atoms with Gasteiger partial charge in [-0.1, -0.05) is 6.92 Å². The van der Waals surface area contributed by atoms with Gasteiger partial charge in [-0.25, -0.2) is 4.98 Å². The SMILES string of the molecule is COC[C@H](C)CN(C)c1nc(C)cnc1C. The van der Waals surface area contributed by atoms with Crippen LogP contribution in [0.3, 0.4) is 0 Å². The molecule has 0 radical (unpaired) electrons. The molecule has 0 saturated heterocycles. The Hall–Kier alpha value is -1.16. The number of aryl methyl sites for hydroxylation is 2. The number of methoxy groups -OCH3 is 1. The predicted octanol–water partition coefficient (Wildman–Crippen LogP) is 1.81. The molecule has 0 bridgehead atoms. The first-order chi connectivity index (χ1) is 7.54. The highest BCUT2D eigenvalue weighted by Crippen LogP contribution is 2.14. The maximum atomic E-state index is 5.13. The van der Waals surface area contributed by atoms with Gasteiger partial charge >= 0.3 is 0 Å². The summed E-state index contributed by atoms with van der Waals surface area (Å²) in [5.41, 5.74) is 1.92. The average Bonchev–Trinajstić information content (AvgIpc) is 2.21. The number of anilines is 1. The van der Waals surface area contributed by atoms with Gasteiger partial charge in [0.25, 0.3) is 0 Å². The van der Waals surface area contributed by atoms with Crippen LogP contribution in [0.5, 0.6) is 0 Å². The molecule has 4 heteroatoms. The van der Waals surface area contributed by atoms with Crippen LogP contribution in [0, 0.1) is 19.8 Å². The summed E-state index contributed by atoms with van der Waals surface area (Å²) in [4.78, 5) is 11.0. The molecule has 0 aliphatic rings. The molecule has 0 aromatic carbocycles. The van der Waals surface area contributed by atoms with Gasteiger partial charge in [0.05, 0.1) is 18.0 Å². The zero-order valence-electron chi connectivity index (χ0n) is 10.8. The molecule has 0 aliphatic heterocycles. The van der Waals surface area contributed by atoms with Crippen molar-refractivity contribution in [2.45, 2.75) is 20.8 Å². The van der Waals surface area contributed by atoms with Crippen molar-refractivity contribution in [3.8, 4) is 0 Å². The van der Waals surface area contributed by atoms with Crippen molar-refractivity contribution in [2.24, 2.45) is 5.92 Å². The Bertz CT molecular complexity index is 341. The van der Waals surface area contributed by atoms with Crippen LogP contribution < -0.4 is 4.90 Å². The molecule has 0 spiro atoms. The molecule has 0 unspecified atom stereocenters. The summed E-state index contributed by atoms with van der Waals surface area (Å²) in [7, 11) is 3.77. The van der Waals surface area contributed by atoms with E-state index in [0.29, 0.717) is 5.92 Å². The van der Waals surface area contributed by atoms with Crippen LogP contribution in [0.2, 0.25) is 0 Å². The molecule has 0 fully saturated rings. The van der Waals surface area contributed by atoms with Crippen LogP contribution >= 0.6 is 0 Å². The molecular weight excluding hydrogens is 202 g/mol. The normalized spacial score (nSPS) is 12.6. The van der Waals surface area contributed by atoms with Crippen molar-refractivity contribution in [1.82, 2.24) is 9.97 Å². The highest BCUT2D eigenvalue weighted by atomic mass is 16.5. The second kappa shape index (κ2) is 5.80. The Morgan fingerprint density at radius 3 is 2.75 bits per heavy atom. The summed E-state index contributed by atoms with van der Waals surface area (Å²) >= 11 is 0. The zero-order chi connectivity index (χ0) is 12.1. The summed E-state index contributed by atoms with van der Waals surface area (Å²) in [6.45, 7) is 7.80. The van der Waals surface area contributed by atoms with Crippen LogP contribution in [0.25, 0.3) is 0 Å². The lowest BCUT2D eigenvalue weighted by atomic mass is 10.2. The van der Waals surface area contributed by atoms with E-state index < -0.39 is 0 Å². The van der Waals surface area contributed by atoms with E-state index in [2.05, 4.69) is 21.8 Å². The van der Waals surface area contributed by atoms with Crippen LogP contribution in [-0.2, 0) is 4.74 Å². The first-order valence-corrected chi connectivity index (χ1v) is 5.55. The minimum Gasteiger partial charge on any atom is -0.384 e. The van der Waals surface area contributed by atoms with Crippen LogP contribution in [0.1, 0.15) is 18.3 Å². The molecule has 1 atom stereocenters. The minimum absolute atomic E-state index is 0.483. The number of rotatable bonds is 5. The van der Waals surface area contributed by atoms with Gasteiger partial charge in [-0.15, -0.1) is 0 Å². The molecule has 1 heterocycles. The Balaban J connectivity index is 2.72. The van der Waals surface area contributed by atoms with E-state index in [4.69, 9.17) is 4.74 Å². The smallest absolute Gasteiger partial charge is 0.150 e. The highest BCUT2D eigenvalue weighted by molar-refractivity contribution is 5.42. The van der Waals surface area contributed by atoms with E-state index in [1.165, 1.54) is 0 Å². The van der Waals surface area contributed by atoms with Crippen LogP contribution in [-0.4, -0.2) is 37.3 Å². The van der Waals surface area contributed by atoms with Crippen LogP contribution in [0.15, 0.2) is 6.20 Å². The molecular formula is C12H21N3O. The fraction of sp³-hybridized carbons (Fsp3) is 0.667. The Morgan fingerprint density at radius 1 is 1.44 bits per heavy atom. The molecule has 1 aromatic rings. The van der Waals surface area contributed by atoms with E-state index in [0.717, 1.165) is 30.4 Å². The van der Waals surface area contributed by atoms with E-state index in [1.54, 1.807) is 13.3 Å². The van der Waals surface area contributed by atoms with Gasteiger partial charge in [0.1, 0.15) is 5.82 Å². The van der Waals surface area contributed by atoms with Gasteiger partial charge in [0, 0.05) is 26.9 Å². The quantitative estimate of drug-likeness (QED) is 0.763. The largest absolute Gasteiger partial charge is 0.384 e. The van der Waals surface area contributed by atoms with Gasteiger partial charge in [0.15, 0.2) is 0 Å². The molecule has 90 valence electrons. The van der Waals surface area contributed by atoms with Gasteiger partial charge in [-0.2, -0.15) is 0 Å². The zero-order valence-corrected chi connectivity index (χ0v) is 10.8. The number of ether oxygens (including phenoxy) is 1. The lowest BCUT2D eigenvalue weighted by Crippen LogP contribution is -2.28. The number of hydrogen-bond donors (Lipinski definition) is 0. The van der Waals surface area contributed by atoms with Crippen molar-refractivity contribution in [2.75, 3.05) is 32.2 Å². The molecule has 1 aromatic heterocycles. The van der Waals surface area contributed by atoms with E-state index in [1.807, 2.05) is 20.9 Å². The maximum Gasteiger partial charge on any atom is 0.150 e. The lowest BCUT2D eigenvalue weighted by molar-refractivity contribution is 0.162. The Kier molecular flexibility index (Phi) is 4.68. The molecule has 0 saturated carbocycles. The fourth-order valence-electron chi connectivity index (χ4n) is 1.78. The van der Waals surface area contributed by atoms with E-state index in [-0.39, 0.29) is 0 Å². The van der Waals surface area contributed by atoms with Gasteiger partial charge in [-0.3, -0.25) is 4.98 Å². The number of nitrogens with zero attached hydrogens (tertiary/aromatic N) is 3. The van der Waals surface area contributed by atoms with Gasteiger partial charge < -0.3 is 9.64 Å². The predicted molar refractivity (Wildman–Crippen MR) is 65.8 cm³/mol. The summed E-state index contributed by atoms with van der Waals surface area (Å²) < 4.78 is 5.13. The fourth-order valence-corrected chi connectivity index (χ4v) is 1.78. The first kappa shape index (κ1) is 12.9. The molecule has 4 nitrogen and oxygen atoms in total. The molecule has 1 rings (SSSR count). The van der Waals surface area contributed by atoms with Crippen molar-refractivity contribution in [3.63, 3.8) is 0 Å². The topological polar surface area (TPSA) is 38.2 Å². The van der Waals surface area contributed by atoms with Crippen molar-refractivity contribution < 1.29 is 4.74 Å². The summed E-state index contributed by atoms with van der Waals surface area (Å²) in [5.74, 6) is 1.44. The van der Waals surface area contributed by atoms with E-state index in [9.17, 15) is 0 Å². The standard InChI is InChI=1S/C12H21N3O/c1-9(8-16-5)7-15(4)12-11(3)13-6-10(2)14-12/h6,9H,7-8H2,1-5H3/t9-/m1/s1. The third-order valence-electron chi connectivity index (χ3n) is 2.45. The first-order valence-electron chi connectivity index (χ1n) is 5.55.